The Kier molecular flexibility index (Phi) is 7.91. The van der Waals surface area contributed by atoms with Crippen LogP contribution in [0.2, 0.25) is 9.36 Å². The molecule has 0 aliphatic heterocycles. The highest BCUT2D eigenvalue weighted by Crippen LogP contribution is 2.40. The fourth-order valence-electron chi connectivity index (χ4n) is 4.31. The molecule has 0 radical (unpaired) electrons. The number of thiophene rings is 1. The Morgan fingerprint density at radius 2 is 1.87 bits per heavy atom. The summed E-state index contributed by atoms with van der Waals surface area (Å²) in [6.07, 6.45) is -0.728. The van der Waals surface area contributed by atoms with Crippen molar-refractivity contribution in [3.05, 3.63) is 56.5 Å². The third-order valence-corrected chi connectivity index (χ3v) is 7.58. The van der Waals surface area contributed by atoms with Gasteiger partial charge in [0.1, 0.15) is 22.2 Å². The lowest BCUT2D eigenvalue weighted by Crippen LogP contribution is -2.49. The largest absolute Gasteiger partial charge is 0.459 e. The molecule has 202 valence electrons. The number of ether oxygens (including phenoxy) is 1. The van der Waals surface area contributed by atoms with Gasteiger partial charge in [-0.3, -0.25) is 14.5 Å². The van der Waals surface area contributed by atoms with E-state index in [1.54, 1.807) is 39.0 Å². The van der Waals surface area contributed by atoms with Gasteiger partial charge >= 0.3 is 18.0 Å². The molecule has 38 heavy (non-hydrogen) atoms. The van der Waals surface area contributed by atoms with Crippen LogP contribution in [0.25, 0.3) is 10.2 Å². The van der Waals surface area contributed by atoms with Gasteiger partial charge in [-0.1, -0.05) is 47.5 Å². The maximum absolute atomic E-state index is 13.3. The minimum Gasteiger partial charge on any atom is -0.459 e. The molecule has 0 fully saturated rings. The van der Waals surface area contributed by atoms with Crippen molar-refractivity contribution in [1.29, 1.82) is 0 Å². The number of hydrogen-bond donors (Lipinski definition) is 2. The summed E-state index contributed by atoms with van der Waals surface area (Å²) in [7, 11) is 0. The zero-order valence-electron chi connectivity index (χ0n) is 20.9. The van der Waals surface area contributed by atoms with E-state index in [4.69, 9.17) is 32.8 Å². The SMILES string of the molecule is CC(=O)OOC(=O)N(CC(=O)OC(C)(C)C)[C@@H]1c2ccccc2C[C@H]1NC(=O)c1cc2sc(Cl)c(Cl)c2[nH]1. The van der Waals surface area contributed by atoms with Gasteiger partial charge in [0.2, 0.25) is 0 Å². The molecule has 1 aliphatic rings. The number of H-pyrrole nitrogens is 1. The maximum atomic E-state index is 13.3. The first-order chi connectivity index (χ1) is 17.8. The van der Waals surface area contributed by atoms with Gasteiger partial charge in [0, 0.05) is 6.92 Å². The van der Waals surface area contributed by atoms with Crippen molar-refractivity contribution in [1.82, 2.24) is 15.2 Å². The lowest BCUT2D eigenvalue weighted by Gasteiger charge is -2.32. The number of amides is 2. The molecule has 2 amide bonds. The third kappa shape index (κ3) is 6.06. The Bertz CT molecular complexity index is 1410. The van der Waals surface area contributed by atoms with Gasteiger partial charge in [-0.15, -0.1) is 11.3 Å². The Morgan fingerprint density at radius 1 is 1.16 bits per heavy atom. The fourth-order valence-corrected chi connectivity index (χ4v) is 5.79. The van der Waals surface area contributed by atoms with Crippen LogP contribution in [0.4, 0.5) is 4.79 Å². The number of aromatic amines is 1. The molecule has 10 nitrogen and oxygen atoms in total. The van der Waals surface area contributed by atoms with Crippen LogP contribution < -0.4 is 5.32 Å². The normalized spacial score (nSPS) is 16.6. The molecule has 3 aromatic rings. The number of carbonyl (C=O) groups is 4. The zero-order valence-corrected chi connectivity index (χ0v) is 23.3. The van der Waals surface area contributed by atoms with Gasteiger partial charge in [-0.05, 0) is 44.4 Å². The van der Waals surface area contributed by atoms with Crippen molar-refractivity contribution in [2.24, 2.45) is 0 Å². The number of carbonyl (C=O) groups excluding carboxylic acids is 4. The number of nitrogens with one attached hydrogen (secondary N) is 2. The Balaban J connectivity index is 1.65. The lowest BCUT2D eigenvalue weighted by molar-refractivity contribution is -0.236. The average molecular weight is 582 g/mol. The Hall–Kier alpha value is -3.28. The smallest absolute Gasteiger partial charge is 0.454 e. The van der Waals surface area contributed by atoms with Crippen LogP contribution in [0.15, 0.2) is 30.3 Å². The molecule has 0 unspecified atom stereocenters. The summed E-state index contributed by atoms with van der Waals surface area (Å²) >= 11 is 13.5. The number of nitrogens with zero attached hydrogens (tertiary/aromatic N) is 1. The van der Waals surface area contributed by atoms with Crippen molar-refractivity contribution in [2.75, 3.05) is 6.54 Å². The van der Waals surface area contributed by atoms with Crippen LogP contribution in [0.1, 0.15) is 55.4 Å². The summed E-state index contributed by atoms with van der Waals surface area (Å²) < 4.78 is 6.54. The summed E-state index contributed by atoms with van der Waals surface area (Å²) in [6.45, 7) is 5.64. The van der Waals surface area contributed by atoms with Gasteiger partial charge in [0.25, 0.3) is 5.91 Å². The average Bonchev–Trinajstić information content (AvgIpc) is 3.47. The number of hydrogen-bond acceptors (Lipinski definition) is 8. The molecule has 1 aliphatic carbocycles. The van der Waals surface area contributed by atoms with Crippen LogP contribution in [0.3, 0.4) is 0 Å². The molecule has 2 aromatic heterocycles. The van der Waals surface area contributed by atoms with E-state index in [2.05, 4.69) is 15.2 Å². The third-order valence-electron chi connectivity index (χ3n) is 5.65. The van der Waals surface area contributed by atoms with E-state index < -0.39 is 48.2 Å². The van der Waals surface area contributed by atoms with E-state index in [1.807, 2.05) is 12.1 Å². The van der Waals surface area contributed by atoms with Gasteiger partial charge in [0.15, 0.2) is 0 Å². The second-order valence-electron chi connectivity index (χ2n) is 9.68. The first-order valence-corrected chi connectivity index (χ1v) is 13.1. The van der Waals surface area contributed by atoms with Crippen LogP contribution in [-0.4, -0.2) is 52.0 Å². The predicted octanol–water partition coefficient (Wildman–Crippen LogP) is 5.19. The van der Waals surface area contributed by atoms with Crippen LogP contribution in [0.5, 0.6) is 0 Å². The van der Waals surface area contributed by atoms with Crippen LogP contribution in [0, 0.1) is 0 Å². The molecular weight excluding hydrogens is 557 g/mol. The Morgan fingerprint density at radius 3 is 2.53 bits per heavy atom. The van der Waals surface area contributed by atoms with Gasteiger partial charge in [-0.2, -0.15) is 0 Å². The summed E-state index contributed by atoms with van der Waals surface area (Å²) in [5.41, 5.74) is 1.55. The zero-order chi connectivity index (χ0) is 27.8. The summed E-state index contributed by atoms with van der Waals surface area (Å²) in [5.74, 6) is -2.01. The summed E-state index contributed by atoms with van der Waals surface area (Å²) in [4.78, 5) is 63.6. The highest BCUT2D eigenvalue weighted by atomic mass is 35.5. The molecule has 2 heterocycles. The monoisotopic (exact) mass is 581 g/mol. The van der Waals surface area contributed by atoms with E-state index in [0.717, 1.165) is 17.4 Å². The second kappa shape index (κ2) is 10.8. The Labute approximate surface area is 232 Å². The molecule has 0 saturated heterocycles. The van der Waals surface area contributed by atoms with Crippen LogP contribution >= 0.6 is 34.5 Å². The van der Waals surface area contributed by atoms with Gasteiger partial charge < -0.3 is 15.0 Å². The van der Waals surface area contributed by atoms with E-state index in [-0.39, 0.29) is 5.69 Å². The predicted molar refractivity (Wildman–Crippen MR) is 141 cm³/mol. The minimum atomic E-state index is -1.09. The van der Waals surface area contributed by atoms with Crippen molar-refractivity contribution < 1.29 is 33.7 Å². The molecule has 0 saturated carbocycles. The summed E-state index contributed by atoms with van der Waals surface area (Å²) in [6, 6.07) is 7.42. The highest BCUT2D eigenvalue weighted by molar-refractivity contribution is 7.23. The van der Waals surface area contributed by atoms with Gasteiger partial charge in [-0.25, -0.2) is 19.4 Å². The highest BCUT2D eigenvalue weighted by Gasteiger charge is 2.42. The van der Waals surface area contributed by atoms with E-state index >= 15 is 0 Å². The second-order valence-corrected chi connectivity index (χ2v) is 11.7. The number of halogens is 2. The standard InChI is InChI=1S/C25H25Cl2N3O7S/c1-12(31)36-37-24(34)30(11-18(32)35-25(2,3)4)21-14-8-6-5-7-13(14)9-15(21)29-23(33)16-10-17-20(28-16)19(26)22(27)38-17/h5-8,10,15,21,28H,9,11H2,1-4H3,(H,29,33)/t15-,21-/m1/s1. The minimum absolute atomic E-state index is 0.251. The van der Waals surface area contributed by atoms with E-state index in [1.165, 1.54) is 11.3 Å². The molecular formula is C25H25Cl2N3O7S. The molecule has 2 N–H and O–H groups in total. The van der Waals surface area contributed by atoms with Gasteiger partial charge in [0.05, 0.1) is 27.3 Å². The molecule has 0 bridgehead atoms. The summed E-state index contributed by atoms with van der Waals surface area (Å²) in [5, 5.41) is 3.28. The molecule has 0 spiro atoms. The first kappa shape index (κ1) is 27.7. The number of esters is 1. The fraction of sp³-hybridized carbons (Fsp3) is 0.360. The number of rotatable bonds is 5. The van der Waals surface area contributed by atoms with Crippen molar-refractivity contribution in [3.63, 3.8) is 0 Å². The van der Waals surface area contributed by atoms with Crippen LogP contribution in [-0.2, 0) is 30.5 Å². The van der Waals surface area contributed by atoms with E-state index in [0.29, 0.717) is 31.6 Å². The quantitative estimate of drug-likeness (QED) is 0.241. The molecule has 1 aromatic carbocycles. The molecule has 13 heteroatoms. The van der Waals surface area contributed by atoms with Crippen molar-refractivity contribution in [2.45, 2.75) is 51.8 Å². The lowest BCUT2D eigenvalue weighted by atomic mass is 10.0. The topological polar surface area (TPSA) is 127 Å². The number of benzene rings is 1. The number of fused-ring (bicyclic) bond motifs is 2. The van der Waals surface area contributed by atoms with Crippen molar-refractivity contribution in [3.8, 4) is 0 Å². The molecule has 4 rings (SSSR count). The number of aromatic nitrogens is 1. The molecule has 2 atom stereocenters. The maximum Gasteiger partial charge on any atom is 0.454 e. The van der Waals surface area contributed by atoms with E-state index in [9.17, 15) is 19.2 Å². The first-order valence-electron chi connectivity index (χ1n) is 11.6. The van der Waals surface area contributed by atoms with Crippen molar-refractivity contribution >= 4 is 68.7 Å².